The van der Waals surface area contributed by atoms with Gasteiger partial charge in [-0.15, -0.1) is 0 Å². The summed E-state index contributed by atoms with van der Waals surface area (Å²) in [7, 11) is 4.07. The molecule has 0 amide bonds. The van der Waals surface area contributed by atoms with Crippen LogP contribution in [0.4, 0.5) is 0 Å². The molecule has 0 saturated carbocycles. The summed E-state index contributed by atoms with van der Waals surface area (Å²) >= 11 is 0. The van der Waals surface area contributed by atoms with E-state index >= 15 is 0 Å². The van der Waals surface area contributed by atoms with Gasteiger partial charge in [-0.1, -0.05) is 25.2 Å². The summed E-state index contributed by atoms with van der Waals surface area (Å²) in [5, 5.41) is 0. The van der Waals surface area contributed by atoms with Crippen LogP contribution in [0.1, 0.15) is 26.7 Å². The van der Waals surface area contributed by atoms with Crippen molar-refractivity contribution in [2.75, 3.05) is 40.6 Å². The highest BCUT2D eigenvalue weighted by Gasteiger charge is 2.05. The first-order valence-corrected chi connectivity index (χ1v) is 13.4. The van der Waals surface area contributed by atoms with Crippen LogP contribution < -0.4 is 0 Å². The number of esters is 2. The van der Waals surface area contributed by atoms with E-state index in [1.165, 1.54) is 35.2 Å². The highest BCUT2D eigenvalue weighted by Crippen LogP contribution is 1.97. The minimum Gasteiger partial charge on any atom is -0.463 e. The predicted molar refractivity (Wildman–Crippen MR) is 125 cm³/mol. The van der Waals surface area contributed by atoms with E-state index in [1.54, 1.807) is 14.2 Å². The number of hydrogen-bond donors (Lipinski definition) is 0. The SMILES string of the molecule is C=CC(=O)OCCC[SiH2]C(OC)OC.C=CC(=O)OCCC[SiH3].CCO[CH]OCC. The van der Waals surface area contributed by atoms with E-state index in [4.69, 9.17) is 28.4 Å². The maximum Gasteiger partial charge on any atom is 0.330 e. The van der Waals surface area contributed by atoms with Crippen molar-refractivity contribution in [2.24, 2.45) is 0 Å². The number of ether oxygens (including phenoxy) is 6. The van der Waals surface area contributed by atoms with Gasteiger partial charge in [0.05, 0.1) is 22.7 Å². The molecule has 0 bridgehead atoms. The Morgan fingerprint density at radius 3 is 1.77 bits per heavy atom. The summed E-state index contributed by atoms with van der Waals surface area (Å²) in [4.78, 5) is 21.0. The third-order valence-corrected chi connectivity index (χ3v) is 5.90. The first-order valence-electron chi connectivity index (χ1n) is 10.2. The van der Waals surface area contributed by atoms with Crippen LogP contribution in [0.25, 0.3) is 0 Å². The molecule has 0 fully saturated rings. The van der Waals surface area contributed by atoms with Crippen molar-refractivity contribution in [3.8, 4) is 0 Å². The second-order valence-electron chi connectivity index (χ2n) is 5.50. The molecule has 0 atom stereocenters. The van der Waals surface area contributed by atoms with Gasteiger partial charge in [-0.25, -0.2) is 9.59 Å². The molecule has 0 aliphatic heterocycles. The molecule has 0 heterocycles. The lowest BCUT2D eigenvalue weighted by molar-refractivity contribution is -0.138. The Kier molecular flexibility index (Phi) is 33.2. The van der Waals surface area contributed by atoms with Gasteiger partial charge in [0.2, 0.25) is 6.79 Å². The van der Waals surface area contributed by atoms with Crippen LogP contribution in [0.3, 0.4) is 0 Å². The lowest BCUT2D eigenvalue weighted by Crippen LogP contribution is -2.21. The molecule has 0 N–H and O–H groups in total. The molecule has 0 aromatic heterocycles. The van der Waals surface area contributed by atoms with Crippen molar-refractivity contribution in [1.82, 2.24) is 0 Å². The topological polar surface area (TPSA) is 89.5 Å². The van der Waals surface area contributed by atoms with Gasteiger partial charge >= 0.3 is 11.9 Å². The standard InChI is InChI=1S/C9H18O4Si.C6H12O2Si.C5H11O2/c1-4-8(10)13-6-5-7-14-9(11-2)12-3;1-2-6(7)8-4-3-5-9;1-3-6-5-7-4-2/h4,9H,1,5-7,14H2,2-3H3;2H,1,3-5H2,9H3;5H,3-4H2,1-2H3. The Morgan fingerprint density at radius 1 is 0.933 bits per heavy atom. The number of methoxy groups -OCH3 is 2. The van der Waals surface area contributed by atoms with Gasteiger partial charge in [-0.3, -0.25) is 0 Å². The highest BCUT2D eigenvalue weighted by molar-refractivity contribution is 6.36. The van der Waals surface area contributed by atoms with Crippen LogP contribution in [0.15, 0.2) is 25.3 Å². The van der Waals surface area contributed by atoms with Crippen LogP contribution in [0, 0.1) is 6.79 Å². The summed E-state index contributed by atoms with van der Waals surface area (Å²) in [6.07, 6.45) is 4.22. The molecule has 0 aliphatic rings. The van der Waals surface area contributed by atoms with Gasteiger partial charge in [0.15, 0.2) is 0 Å². The van der Waals surface area contributed by atoms with Gasteiger partial charge < -0.3 is 28.4 Å². The Morgan fingerprint density at radius 2 is 1.40 bits per heavy atom. The third-order valence-electron chi connectivity index (χ3n) is 3.15. The van der Waals surface area contributed by atoms with Gasteiger partial charge in [0, 0.05) is 49.8 Å². The Balaban J connectivity index is -0.000000393. The van der Waals surface area contributed by atoms with Crippen LogP contribution in [0.5, 0.6) is 0 Å². The predicted octanol–water partition coefficient (Wildman–Crippen LogP) is 1.34. The van der Waals surface area contributed by atoms with Crippen molar-refractivity contribution in [3.63, 3.8) is 0 Å². The fourth-order valence-corrected chi connectivity index (χ4v) is 3.12. The lowest BCUT2D eigenvalue weighted by Gasteiger charge is -2.11. The zero-order valence-electron chi connectivity index (χ0n) is 19.4. The van der Waals surface area contributed by atoms with E-state index in [2.05, 4.69) is 13.2 Å². The summed E-state index contributed by atoms with van der Waals surface area (Å²) in [6.45, 7) is 14.1. The maximum absolute atomic E-state index is 10.6. The smallest absolute Gasteiger partial charge is 0.330 e. The second-order valence-corrected chi connectivity index (χ2v) is 8.45. The number of rotatable bonds is 16. The number of hydrogen-bond acceptors (Lipinski definition) is 8. The summed E-state index contributed by atoms with van der Waals surface area (Å²) < 4.78 is 29.1. The van der Waals surface area contributed by atoms with Crippen molar-refractivity contribution in [3.05, 3.63) is 32.1 Å². The Hall–Kier alpha value is -1.31. The second kappa shape index (κ2) is 29.9. The van der Waals surface area contributed by atoms with Crippen LogP contribution in [-0.4, -0.2) is 78.3 Å². The van der Waals surface area contributed by atoms with Gasteiger partial charge in [0.25, 0.3) is 0 Å². The summed E-state index contributed by atoms with van der Waals surface area (Å²) in [6, 6.07) is 2.22. The average molecular weight is 466 g/mol. The average Bonchev–Trinajstić information content (AvgIpc) is 2.77. The van der Waals surface area contributed by atoms with E-state index in [0.29, 0.717) is 26.4 Å². The molecular formula is C20H41O8Si2. The molecule has 1 radical (unpaired) electrons. The summed E-state index contributed by atoms with van der Waals surface area (Å²) in [5.41, 5.74) is 0. The molecule has 0 spiro atoms. The molecule has 0 saturated heterocycles. The van der Waals surface area contributed by atoms with Crippen molar-refractivity contribution >= 4 is 31.7 Å². The van der Waals surface area contributed by atoms with Crippen molar-refractivity contribution < 1.29 is 38.0 Å². The molecule has 0 aromatic carbocycles. The third kappa shape index (κ3) is 31.4. The molecular weight excluding hydrogens is 424 g/mol. The van der Waals surface area contributed by atoms with Gasteiger partial charge in [-0.2, -0.15) is 0 Å². The van der Waals surface area contributed by atoms with E-state index in [9.17, 15) is 9.59 Å². The molecule has 8 nitrogen and oxygen atoms in total. The largest absolute Gasteiger partial charge is 0.463 e. The zero-order chi connectivity index (χ0) is 23.5. The molecule has 0 rings (SSSR count). The summed E-state index contributed by atoms with van der Waals surface area (Å²) in [5.74, 6) is -0.697. The molecule has 0 unspecified atom stereocenters. The van der Waals surface area contributed by atoms with Crippen LogP contribution in [-0.2, 0) is 38.0 Å². The molecule has 177 valence electrons. The monoisotopic (exact) mass is 465 g/mol. The minimum atomic E-state index is -0.387. The minimum absolute atomic E-state index is 0.0231. The Bertz CT molecular complexity index is 400. The van der Waals surface area contributed by atoms with Gasteiger partial charge in [0.1, 0.15) is 5.91 Å². The molecule has 10 heteroatoms. The maximum atomic E-state index is 10.6. The first-order chi connectivity index (χ1) is 14.5. The lowest BCUT2D eigenvalue weighted by atomic mass is 10.5. The fourth-order valence-electron chi connectivity index (χ4n) is 1.54. The molecule has 30 heavy (non-hydrogen) atoms. The van der Waals surface area contributed by atoms with Crippen molar-refractivity contribution in [1.29, 1.82) is 0 Å². The van der Waals surface area contributed by atoms with E-state index in [0.717, 1.165) is 18.9 Å². The number of carbonyl (C=O) groups excluding carboxylic acids is 2. The highest BCUT2D eigenvalue weighted by atomic mass is 28.2. The van der Waals surface area contributed by atoms with Crippen LogP contribution in [0.2, 0.25) is 12.1 Å². The first kappa shape index (κ1) is 33.3. The fraction of sp³-hybridized carbons (Fsp3) is 0.650. The molecule has 0 aromatic rings. The van der Waals surface area contributed by atoms with Crippen molar-refractivity contribution in [2.45, 2.75) is 44.7 Å². The Labute approximate surface area is 187 Å². The number of carbonyl (C=O) groups is 2. The van der Waals surface area contributed by atoms with E-state index < -0.39 is 0 Å². The quantitative estimate of drug-likeness (QED) is 0.111. The molecule has 0 aliphatic carbocycles. The van der Waals surface area contributed by atoms with Crippen LogP contribution >= 0.6 is 0 Å². The van der Waals surface area contributed by atoms with E-state index in [-0.39, 0.29) is 27.4 Å². The van der Waals surface area contributed by atoms with E-state index in [1.807, 2.05) is 13.8 Å². The zero-order valence-corrected chi connectivity index (χ0v) is 22.8. The normalized spacial score (nSPS) is 10.0. The van der Waals surface area contributed by atoms with Gasteiger partial charge in [-0.05, 0) is 26.7 Å².